The number of rotatable bonds is 6. The Morgan fingerprint density at radius 2 is 1.51 bits per heavy atom. The molecule has 0 amide bonds. The average Bonchev–Trinajstić information content (AvgIpc) is 3.03. The van der Waals surface area contributed by atoms with Gasteiger partial charge in [-0.3, -0.25) is 14.4 Å². The Bertz CT molecular complexity index is 1550. The Morgan fingerprint density at radius 1 is 0.795 bits per heavy atom. The van der Waals surface area contributed by atoms with Crippen LogP contribution in [-0.4, -0.2) is 27.9 Å². The van der Waals surface area contributed by atoms with Crippen molar-refractivity contribution in [1.82, 2.24) is 0 Å². The maximum Gasteiger partial charge on any atom is 0.307 e. The van der Waals surface area contributed by atoms with Gasteiger partial charge in [0.15, 0.2) is 5.78 Å². The third kappa shape index (κ3) is 7.16. The highest BCUT2D eigenvalue weighted by molar-refractivity contribution is 6.35. The van der Waals surface area contributed by atoms with Crippen LogP contribution in [0.3, 0.4) is 0 Å². The van der Waals surface area contributed by atoms with E-state index in [2.05, 4.69) is 0 Å². The SMILES string of the molecule is O=C(O)Cc1ccc2c(c1)C(=O)c1ccccc1CO2.O=C(O)Cc1ccccc1Oc1ccc(Cl)cc1Cl. The first-order valence-electron chi connectivity index (χ1n) is 11.7. The van der Waals surface area contributed by atoms with Crippen LogP contribution in [0, 0.1) is 0 Å². The first-order valence-corrected chi connectivity index (χ1v) is 12.5. The van der Waals surface area contributed by atoms with Crippen molar-refractivity contribution < 1.29 is 34.1 Å². The number of benzene rings is 4. The van der Waals surface area contributed by atoms with Crippen LogP contribution in [-0.2, 0) is 29.0 Å². The van der Waals surface area contributed by atoms with Crippen LogP contribution in [0.4, 0.5) is 0 Å². The molecule has 1 heterocycles. The van der Waals surface area contributed by atoms with Gasteiger partial charge in [0.1, 0.15) is 23.9 Å². The number of fused-ring (bicyclic) bond motifs is 2. The summed E-state index contributed by atoms with van der Waals surface area (Å²) in [6, 6.07) is 24.0. The van der Waals surface area contributed by atoms with E-state index < -0.39 is 11.9 Å². The van der Waals surface area contributed by atoms with Crippen LogP contribution in [0.15, 0.2) is 84.9 Å². The maximum atomic E-state index is 12.5. The summed E-state index contributed by atoms with van der Waals surface area (Å²) in [5.41, 5.74) is 3.05. The lowest BCUT2D eigenvalue weighted by molar-refractivity contribution is -0.137. The number of hydrogen-bond acceptors (Lipinski definition) is 5. The van der Waals surface area contributed by atoms with E-state index in [4.69, 9.17) is 42.9 Å². The number of halogens is 2. The minimum Gasteiger partial charge on any atom is -0.488 e. The number of para-hydroxylation sites is 1. The van der Waals surface area contributed by atoms with Crippen molar-refractivity contribution in [3.63, 3.8) is 0 Å². The first-order chi connectivity index (χ1) is 18.7. The second-order valence-corrected chi connectivity index (χ2v) is 9.37. The summed E-state index contributed by atoms with van der Waals surface area (Å²) in [7, 11) is 0. The Hall–Kier alpha value is -4.33. The van der Waals surface area contributed by atoms with Gasteiger partial charge in [0.2, 0.25) is 0 Å². The highest BCUT2D eigenvalue weighted by atomic mass is 35.5. The summed E-state index contributed by atoms with van der Waals surface area (Å²) in [5.74, 6) is -0.565. The predicted octanol–water partition coefficient (Wildman–Crippen LogP) is 6.85. The minimum absolute atomic E-state index is 0.109. The predicted molar refractivity (Wildman–Crippen MR) is 146 cm³/mol. The number of ether oxygens (including phenoxy) is 2. The Labute approximate surface area is 234 Å². The third-order valence-electron chi connectivity index (χ3n) is 5.72. The fourth-order valence-corrected chi connectivity index (χ4v) is 4.37. The zero-order valence-corrected chi connectivity index (χ0v) is 21.9. The molecule has 0 radical (unpaired) electrons. The molecule has 1 aliphatic rings. The molecular weight excluding hydrogens is 543 g/mol. The molecule has 2 N–H and O–H groups in total. The number of carbonyl (C=O) groups is 3. The Kier molecular flexibility index (Phi) is 8.86. The van der Waals surface area contributed by atoms with Crippen LogP contribution >= 0.6 is 23.2 Å². The van der Waals surface area contributed by atoms with Crippen LogP contribution < -0.4 is 9.47 Å². The van der Waals surface area contributed by atoms with Crippen molar-refractivity contribution in [3.8, 4) is 17.2 Å². The van der Waals surface area contributed by atoms with Crippen molar-refractivity contribution in [1.29, 1.82) is 0 Å². The van der Waals surface area contributed by atoms with Gasteiger partial charge in [-0.15, -0.1) is 0 Å². The smallest absolute Gasteiger partial charge is 0.307 e. The van der Waals surface area contributed by atoms with E-state index in [0.29, 0.717) is 56.2 Å². The van der Waals surface area contributed by atoms with E-state index in [9.17, 15) is 14.4 Å². The van der Waals surface area contributed by atoms with Crippen molar-refractivity contribution >= 4 is 40.9 Å². The fourth-order valence-electron chi connectivity index (χ4n) is 3.92. The van der Waals surface area contributed by atoms with Gasteiger partial charge in [0, 0.05) is 21.7 Å². The van der Waals surface area contributed by atoms with Gasteiger partial charge in [-0.25, -0.2) is 0 Å². The standard InChI is InChI=1S/C16H12O4.C14H10Cl2O3/c17-15(18)8-10-5-6-14-13(7-10)16(19)12-4-2-1-3-11(12)9-20-14;15-10-5-6-13(11(16)8-10)19-12-4-2-1-3-9(12)7-14(17)18/h1-7H,8-9H2,(H,17,18);1-6,8H,7H2,(H,17,18). The zero-order valence-electron chi connectivity index (χ0n) is 20.4. The van der Waals surface area contributed by atoms with E-state index in [1.54, 1.807) is 66.7 Å². The summed E-state index contributed by atoms with van der Waals surface area (Å²) in [4.78, 5) is 34.1. The van der Waals surface area contributed by atoms with E-state index in [0.717, 1.165) is 5.56 Å². The summed E-state index contributed by atoms with van der Waals surface area (Å²) in [6.45, 7) is 0.340. The van der Waals surface area contributed by atoms with Gasteiger partial charge < -0.3 is 19.7 Å². The molecule has 0 saturated carbocycles. The van der Waals surface area contributed by atoms with Gasteiger partial charge >= 0.3 is 11.9 Å². The molecule has 4 aromatic rings. The molecule has 7 nitrogen and oxygen atoms in total. The molecule has 4 aromatic carbocycles. The zero-order chi connectivity index (χ0) is 27.9. The van der Waals surface area contributed by atoms with Crippen LogP contribution in [0.25, 0.3) is 0 Å². The topological polar surface area (TPSA) is 110 Å². The highest BCUT2D eigenvalue weighted by Gasteiger charge is 2.22. The molecule has 9 heteroatoms. The van der Waals surface area contributed by atoms with Gasteiger partial charge in [-0.1, -0.05) is 71.7 Å². The van der Waals surface area contributed by atoms with Crippen LogP contribution in [0.2, 0.25) is 10.0 Å². The van der Waals surface area contributed by atoms with Gasteiger partial charge in [-0.2, -0.15) is 0 Å². The van der Waals surface area contributed by atoms with E-state index in [-0.39, 0.29) is 18.6 Å². The highest BCUT2D eigenvalue weighted by Crippen LogP contribution is 2.33. The number of carboxylic acids is 2. The second kappa shape index (κ2) is 12.5. The van der Waals surface area contributed by atoms with E-state index >= 15 is 0 Å². The summed E-state index contributed by atoms with van der Waals surface area (Å²) in [6.07, 6.45) is -0.219. The molecule has 0 fully saturated rings. The molecule has 5 rings (SSSR count). The summed E-state index contributed by atoms with van der Waals surface area (Å²) >= 11 is 11.8. The molecule has 0 unspecified atom stereocenters. The van der Waals surface area contributed by atoms with Crippen molar-refractivity contribution in [2.24, 2.45) is 0 Å². The molecule has 0 atom stereocenters. The molecule has 198 valence electrons. The van der Waals surface area contributed by atoms with E-state index in [1.807, 2.05) is 18.2 Å². The number of aliphatic carboxylic acids is 2. The Balaban J connectivity index is 0.000000181. The lowest BCUT2D eigenvalue weighted by atomic mass is 9.97. The Morgan fingerprint density at radius 3 is 2.26 bits per heavy atom. The van der Waals surface area contributed by atoms with Crippen LogP contribution in [0.1, 0.15) is 32.6 Å². The lowest BCUT2D eigenvalue weighted by Gasteiger charge is -2.11. The normalized spacial score (nSPS) is 11.6. The van der Waals surface area contributed by atoms with Crippen molar-refractivity contribution in [2.45, 2.75) is 19.4 Å². The molecule has 1 aliphatic heterocycles. The molecule has 0 bridgehead atoms. The van der Waals surface area contributed by atoms with Gasteiger partial charge in [-0.05, 0) is 42.0 Å². The monoisotopic (exact) mass is 564 g/mol. The average molecular weight is 565 g/mol. The summed E-state index contributed by atoms with van der Waals surface area (Å²) in [5, 5.41) is 18.6. The number of carbonyl (C=O) groups excluding carboxylic acids is 1. The van der Waals surface area contributed by atoms with Crippen molar-refractivity contribution in [2.75, 3.05) is 0 Å². The molecule has 0 aliphatic carbocycles. The maximum absolute atomic E-state index is 12.5. The van der Waals surface area contributed by atoms with Gasteiger partial charge in [0.25, 0.3) is 0 Å². The molecule has 0 aromatic heterocycles. The van der Waals surface area contributed by atoms with Crippen molar-refractivity contribution in [3.05, 3.63) is 123 Å². The van der Waals surface area contributed by atoms with E-state index in [1.165, 1.54) is 0 Å². The second-order valence-electron chi connectivity index (χ2n) is 8.53. The molecule has 0 spiro atoms. The minimum atomic E-state index is -0.924. The number of carboxylic acid groups (broad SMARTS) is 2. The first kappa shape index (κ1) is 27.7. The van der Waals surface area contributed by atoms with Crippen LogP contribution in [0.5, 0.6) is 17.2 Å². The van der Waals surface area contributed by atoms with Gasteiger partial charge in [0.05, 0.1) is 23.4 Å². The largest absolute Gasteiger partial charge is 0.488 e. The summed E-state index contributed by atoms with van der Waals surface area (Å²) < 4.78 is 11.3. The number of ketones is 1. The fraction of sp³-hybridized carbons (Fsp3) is 0.100. The third-order valence-corrected chi connectivity index (χ3v) is 6.25. The molecule has 39 heavy (non-hydrogen) atoms. The molecular formula is C30H22Cl2O7. The molecule has 0 saturated heterocycles. The quantitative estimate of drug-likeness (QED) is 0.263. The lowest BCUT2D eigenvalue weighted by Crippen LogP contribution is -2.05. The number of hydrogen-bond donors (Lipinski definition) is 2.